The van der Waals surface area contributed by atoms with E-state index in [0.717, 1.165) is 25.8 Å². The van der Waals surface area contributed by atoms with Gasteiger partial charge in [-0.2, -0.15) is 13.2 Å². The van der Waals surface area contributed by atoms with E-state index in [0.29, 0.717) is 25.0 Å². The van der Waals surface area contributed by atoms with Gasteiger partial charge in [-0.3, -0.25) is 4.90 Å². The van der Waals surface area contributed by atoms with Gasteiger partial charge in [0, 0.05) is 12.6 Å². The maximum atomic E-state index is 12.4. The third kappa shape index (κ3) is 5.57. The molecule has 1 aliphatic carbocycles. The van der Waals surface area contributed by atoms with Crippen LogP contribution in [0.25, 0.3) is 0 Å². The second-order valence-electron chi connectivity index (χ2n) is 5.15. The van der Waals surface area contributed by atoms with Crippen molar-refractivity contribution in [3.8, 4) is 0 Å². The van der Waals surface area contributed by atoms with Crippen molar-refractivity contribution in [2.75, 3.05) is 26.2 Å². The molecule has 0 aromatic carbocycles. The lowest BCUT2D eigenvalue weighted by molar-refractivity contribution is -0.147. The predicted octanol–water partition coefficient (Wildman–Crippen LogP) is 3.04. The molecule has 2 unspecified atom stereocenters. The molecule has 0 bridgehead atoms. The molecule has 108 valence electrons. The van der Waals surface area contributed by atoms with Gasteiger partial charge in [-0.05, 0) is 31.8 Å². The molecular formula is C13H25F3N2. The summed E-state index contributed by atoms with van der Waals surface area (Å²) in [6.07, 6.45) is 0.405. The number of alkyl halides is 3. The van der Waals surface area contributed by atoms with E-state index < -0.39 is 12.7 Å². The number of halogens is 3. The Bertz CT molecular complexity index is 229. The highest BCUT2D eigenvalue weighted by atomic mass is 19.4. The Balaban J connectivity index is 2.50. The van der Waals surface area contributed by atoms with Gasteiger partial charge >= 0.3 is 6.18 Å². The van der Waals surface area contributed by atoms with Crippen molar-refractivity contribution >= 4 is 0 Å². The molecule has 1 aliphatic rings. The monoisotopic (exact) mass is 266 g/mol. The number of rotatable bonds is 6. The molecule has 5 heteroatoms. The average Bonchev–Trinajstić information content (AvgIpc) is 2.29. The largest absolute Gasteiger partial charge is 0.401 e. The fraction of sp³-hybridized carbons (Fsp3) is 1.00. The van der Waals surface area contributed by atoms with Crippen molar-refractivity contribution in [2.45, 2.75) is 51.7 Å². The van der Waals surface area contributed by atoms with Gasteiger partial charge in [-0.25, -0.2) is 0 Å². The molecular weight excluding hydrogens is 241 g/mol. The summed E-state index contributed by atoms with van der Waals surface area (Å²) in [6, 6.07) is 0.394. The van der Waals surface area contributed by atoms with E-state index in [-0.39, 0.29) is 0 Å². The normalized spacial score (nSPS) is 25.7. The van der Waals surface area contributed by atoms with E-state index in [1.165, 1.54) is 11.3 Å². The molecule has 2 atom stereocenters. The molecule has 0 amide bonds. The van der Waals surface area contributed by atoms with Gasteiger partial charge in [0.2, 0.25) is 0 Å². The number of nitrogens with one attached hydrogen (secondary N) is 1. The van der Waals surface area contributed by atoms with E-state index in [1.54, 1.807) is 6.92 Å². The van der Waals surface area contributed by atoms with Gasteiger partial charge in [0.25, 0.3) is 0 Å². The second kappa shape index (κ2) is 7.34. The van der Waals surface area contributed by atoms with Crippen LogP contribution >= 0.6 is 0 Å². The molecule has 18 heavy (non-hydrogen) atoms. The number of hydrogen-bond acceptors (Lipinski definition) is 2. The summed E-state index contributed by atoms with van der Waals surface area (Å²) < 4.78 is 37.3. The van der Waals surface area contributed by atoms with Gasteiger partial charge in [-0.15, -0.1) is 0 Å². The zero-order valence-electron chi connectivity index (χ0n) is 11.4. The topological polar surface area (TPSA) is 15.3 Å². The van der Waals surface area contributed by atoms with Crippen molar-refractivity contribution in [1.29, 1.82) is 0 Å². The van der Waals surface area contributed by atoms with Crippen LogP contribution in [0.3, 0.4) is 0 Å². The lowest BCUT2D eigenvalue weighted by Crippen LogP contribution is -2.46. The maximum absolute atomic E-state index is 12.4. The number of nitrogens with zero attached hydrogens (tertiary/aromatic N) is 1. The molecule has 0 aromatic heterocycles. The van der Waals surface area contributed by atoms with Crippen LogP contribution in [0, 0.1) is 5.92 Å². The van der Waals surface area contributed by atoms with E-state index in [2.05, 4.69) is 12.2 Å². The van der Waals surface area contributed by atoms with Gasteiger partial charge in [0.15, 0.2) is 0 Å². The van der Waals surface area contributed by atoms with E-state index >= 15 is 0 Å². The fourth-order valence-electron chi connectivity index (χ4n) is 2.85. The average molecular weight is 266 g/mol. The molecule has 0 saturated heterocycles. The highest BCUT2D eigenvalue weighted by molar-refractivity contribution is 4.83. The molecule has 0 heterocycles. The maximum Gasteiger partial charge on any atom is 0.401 e. The van der Waals surface area contributed by atoms with Crippen molar-refractivity contribution in [3.05, 3.63) is 0 Å². The van der Waals surface area contributed by atoms with Crippen LogP contribution in [-0.4, -0.2) is 43.3 Å². The molecule has 0 radical (unpaired) electrons. The van der Waals surface area contributed by atoms with Gasteiger partial charge < -0.3 is 5.32 Å². The minimum absolute atomic E-state index is 0.362. The minimum atomic E-state index is -4.08. The first-order valence-corrected chi connectivity index (χ1v) is 6.98. The molecule has 1 saturated carbocycles. The lowest BCUT2D eigenvalue weighted by Gasteiger charge is -2.36. The summed E-state index contributed by atoms with van der Waals surface area (Å²) in [7, 11) is 0. The third-order valence-corrected chi connectivity index (χ3v) is 3.72. The fourth-order valence-corrected chi connectivity index (χ4v) is 2.85. The summed E-state index contributed by atoms with van der Waals surface area (Å²) in [5.74, 6) is 0.362. The van der Waals surface area contributed by atoms with Crippen LogP contribution < -0.4 is 5.32 Å². The Hall–Kier alpha value is -0.290. The van der Waals surface area contributed by atoms with Gasteiger partial charge in [0.05, 0.1) is 6.54 Å². The standard InChI is InChI=1S/C13H25F3N2/c1-3-17-12-8-6-5-7-11(12)9-18(4-2)10-13(14,15)16/h11-12,17H,3-10H2,1-2H3. The van der Waals surface area contributed by atoms with E-state index in [1.807, 2.05) is 0 Å². The molecule has 1 N–H and O–H groups in total. The Morgan fingerprint density at radius 2 is 1.83 bits per heavy atom. The van der Waals surface area contributed by atoms with Crippen LogP contribution in [-0.2, 0) is 0 Å². The van der Waals surface area contributed by atoms with Crippen molar-refractivity contribution in [1.82, 2.24) is 10.2 Å². The Labute approximate surface area is 108 Å². The van der Waals surface area contributed by atoms with Crippen LogP contribution in [0.4, 0.5) is 13.2 Å². The summed E-state index contributed by atoms with van der Waals surface area (Å²) >= 11 is 0. The quantitative estimate of drug-likeness (QED) is 0.795. The SMILES string of the molecule is CCNC1CCCCC1CN(CC)CC(F)(F)F. The van der Waals surface area contributed by atoms with Gasteiger partial charge in [0.1, 0.15) is 0 Å². The highest BCUT2D eigenvalue weighted by Gasteiger charge is 2.33. The minimum Gasteiger partial charge on any atom is -0.314 e. The van der Waals surface area contributed by atoms with Crippen LogP contribution in [0.15, 0.2) is 0 Å². The van der Waals surface area contributed by atoms with Crippen LogP contribution in [0.1, 0.15) is 39.5 Å². The summed E-state index contributed by atoms with van der Waals surface area (Å²) in [5.41, 5.74) is 0. The summed E-state index contributed by atoms with van der Waals surface area (Å²) in [5, 5.41) is 3.42. The third-order valence-electron chi connectivity index (χ3n) is 3.72. The Morgan fingerprint density at radius 1 is 1.17 bits per heavy atom. The molecule has 0 aromatic rings. The zero-order chi connectivity index (χ0) is 13.6. The van der Waals surface area contributed by atoms with E-state index in [4.69, 9.17) is 0 Å². The van der Waals surface area contributed by atoms with Crippen molar-refractivity contribution < 1.29 is 13.2 Å². The second-order valence-corrected chi connectivity index (χ2v) is 5.15. The predicted molar refractivity (Wildman–Crippen MR) is 67.6 cm³/mol. The lowest BCUT2D eigenvalue weighted by atomic mass is 9.84. The highest BCUT2D eigenvalue weighted by Crippen LogP contribution is 2.26. The van der Waals surface area contributed by atoms with Gasteiger partial charge in [-0.1, -0.05) is 26.7 Å². The Morgan fingerprint density at radius 3 is 2.39 bits per heavy atom. The molecule has 0 aliphatic heterocycles. The van der Waals surface area contributed by atoms with Crippen molar-refractivity contribution in [3.63, 3.8) is 0 Å². The Kier molecular flexibility index (Phi) is 6.43. The zero-order valence-corrected chi connectivity index (χ0v) is 11.4. The first-order chi connectivity index (χ1) is 8.46. The summed E-state index contributed by atoms with van der Waals surface area (Å²) in [4.78, 5) is 1.53. The molecule has 0 spiro atoms. The molecule has 2 nitrogen and oxygen atoms in total. The van der Waals surface area contributed by atoms with Crippen molar-refractivity contribution in [2.24, 2.45) is 5.92 Å². The number of hydrogen-bond donors (Lipinski definition) is 1. The smallest absolute Gasteiger partial charge is 0.314 e. The van der Waals surface area contributed by atoms with Crippen LogP contribution in [0.5, 0.6) is 0 Å². The molecule has 1 rings (SSSR count). The van der Waals surface area contributed by atoms with Crippen LogP contribution in [0.2, 0.25) is 0 Å². The van der Waals surface area contributed by atoms with E-state index in [9.17, 15) is 13.2 Å². The first kappa shape index (κ1) is 15.8. The molecule has 1 fully saturated rings. The first-order valence-electron chi connectivity index (χ1n) is 6.98. The summed E-state index contributed by atoms with van der Waals surface area (Å²) in [6.45, 7) is 5.00.